The van der Waals surface area contributed by atoms with Gasteiger partial charge in [-0.05, 0) is 35.9 Å². The van der Waals surface area contributed by atoms with E-state index < -0.39 is 43.1 Å². The first kappa shape index (κ1) is 22.8. The summed E-state index contributed by atoms with van der Waals surface area (Å²) in [5.41, 5.74) is 0.570. The summed E-state index contributed by atoms with van der Waals surface area (Å²) in [5, 5.41) is 58.5. The molecule has 2 aromatic carbocycles. The normalized spacial score (nSPS) is 27.8. The Kier molecular flexibility index (Phi) is 6.15. The van der Waals surface area contributed by atoms with Gasteiger partial charge in [-0.3, -0.25) is 4.79 Å². The quantitative estimate of drug-likeness (QED) is 0.258. The molecular formula is C22H22O11. The largest absolute Gasteiger partial charge is 0.504 e. The lowest BCUT2D eigenvalue weighted by molar-refractivity contribution is -0.277. The minimum atomic E-state index is -1.64. The third kappa shape index (κ3) is 4.08. The SMILES string of the molecule is COc1c(O[C@@H]2O[C@H](CO)[C@@H](O)[C@H](O)[C@H]2O)ccc2c1OC(=Cc1ccc(O)c(O)c1)C2=O. The van der Waals surface area contributed by atoms with Crippen molar-refractivity contribution in [3.8, 4) is 28.7 Å². The van der Waals surface area contributed by atoms with Crippen LogP contribution in [0.2, 0.25) is 0 Å². The number of ketones is 1. The zero-order chi connectivity index (χ0) is 23.9. The van der Waals surface area contributed by atoms with Gasteiger partial charge in [0.15, 0.2) is 28.8 Å². The number of aromatic hydroxyl groups is 2. The van der Waals surface area contributed by atoms with Crippen molar-refractivity contribution in [2.75, 3.05) is 13.7 Å². The summed E-state index contributed by atoms with van der Waals surface area (Å²) in [4.78, 5) is 12.8. The maximum atomic E-state index is 12.8. The van der Waals surface area contributed by atoms with Crippen LogP contribution in [0.3, 0.4) is 0 Å². The Balaban J connectivity index is 1.62. The van der Waals surface area contributed by atoms with E-state index in [4.69, 9.17) is 18.9 Å². The monoisotopic (exact) mass is 462 g/mol. The first-order valence-corrected chi connectivity index (χ1v) is 9.89. The van der Waals surface area contributed by atoms with Gasteiger partial charge < -0.3 is 49.6 Å². The molecule has 2 heterocycles. The van der Waals surface area contributed by atoms with Crippen molar-refractivity contribution in [1.82, 2.24) is 0 Å². The number of carbonyl (C=O) groups excluding carboxylic acids is 1. The van der Waals surface area contributed by atoms with Crippen molar-refractivity contribution in [2.45, 2.75) is 30.7 Å². The maximum Gasteiger partial charge on any atom is 0.232 e. The third-order valence-corrected chi connectivity index (χ3v) is 5.35. The standard InChI is InChI=1S/C22H22O11/c1-30-21-13(32-22-19(29)18(28)17(27)15(8-23)33-22)5-3-10-16(26)14(31-20(10)21)7-9-2-4-11(24)12(25)6-9/h2-7,15,17-19,22-25,27-29H,8H2,1H3/t15-,17-,18+,19-,22-/m1/s1. The number of rotatable bonds is 5. The van der Waals surface area contributed by atoms with Gasteiger partial charge in [0.1, 0.15) is 24.4 Å². The Morgan fingerprint density at radius 3 is 2.45 bits per heavy atom. The maximum absolute atomic E-state index is 12.8. The number of fused-ring (bicyclic) bond motifs is 1. The molecule has 0 unspecified atom stereocenters. The van der Waals surface area contributed by atoms with Gasteiger partial charge in [0.25, 0.3) is 0 Å². The Morgan fingerprint density at radius 1 is 1.03 bits per heavy atom. The highest BCUT2D eigenvalue weighted by Crippen LogP contribution is 2.46. The van der Waals surface area contributed by atoms with Crippen molar-refractivity contribution >= 4 is 11.9 Å². The number of ether oxygens (including phenoxy) is 4. The number of allylic oxidation sites excluding steroid dienone is 1. The van der Waals surface area contributed by atoms with E-state index in [0.29, 0.717) is 5.56 Å². The van der Waals surface area contributed by atoms with Gasteiger partial charge in [-0.15, -0.1) is 0 Å². The number of Topliss-reactive ketones (excluding diaryl/α,β-unsaturated/α-hetero) is 1. The Labute approximate surface area is 187 Å². The first-order valence-electron chi connectivity index (χ1n) is 9.89. The average molecular weight is 462 g/mol. The lowest BCUT2D eigenvalue weighted by Gasteiger charge is -2.39. The average Bonchev–Trinajstić information content (AvgIpc) is 3.11. The molecule has 1 saturated heterocycles. The van der Waals surface area contributed by atoms with Crippen molar-refractivity contribution in [3.05, 3.63) is 47.2 Å². The van der Waals surface area contributed by atoms with Crippen LogP contribution in [-0.4, -0.2) is 80.8 Å². The summed E-state index contributed by atoms with van der Waals surface area (Å²) in [5.74, 6) is -1.14. The molecule has 2 aliphatic rings. The molecule has 2 aliphatic heterocycles. The zero-order valence-corrected chi connectivity index (χ0v) is 17.3. The lowest BCUT2D eigenvalue weighted by atomic mass is 9.99. The van der Waals surface area contributed by atoms with Gasteiger partial charge in [-0.1, -0.05) is 6.07 Å². The molecule has 0 radical (unpaired) electrons. The van der Waals surface area contributed by atoms with Crippen molar-refractivity contribution in [3.63, 3.8) is 0 Å². The molecule has 6 N–H and O–H groups in total. The van der Waals surface area contributed by atoms with Crippen LogP contribution in [-0.2, 0) is 4.74 Å². The molecular weight excluding hydrogens is 440 g/mol. The molecule has 11 nitrogen and oxygen atoms in total. The van der Waals surface area contributed by atoms with Gasteiger partial charge in [0.05, 0.1) is 19.3 Å². The number of phenolic OH excluding ortho intramolecular Hbond substituents is 2. The summed E-state index contributed by atoms with van der Waals surface area (Å²) in [6, 6.07) is 6.80. The van der Waals surface area contributed by atoms with Crippen LogP contribution in [0, 0.1) is 0 Å². The molecule has 5 atom stereocenters. The second kappa shape index (κ2) is 8.89. The van der Waals surface area contributed by atoms with E-state index in [1.807, 2.05) is 0 Å². The molecule has 4 rings (SSSR count). The van der Waals surface area contributed by atoms with E-state index >= 15 is 0 Å². The van der Waals surface area contributed by atoms with Gasteiger partial charge in [-0.25, -0.2) is 0 Å². The number of benzene rings is 2. The Hall–Kier alpha value is -3.35. The number of carbonyl (C=O) groups is 1. The van der Waals surface area contributed by atoms with E-state index in [1.165, 1.54) is 43.5 Å². The van der Waals surface area contributed by atoms with Crippen molar-refractivity contribution in [2.24, 2.45) is 0 Å². The van der Waals surface area contributed by atoms with E-state index in [2.05, 4.69) is 0 Å². The smallest absolute Gasteiger partial charge is 0.232 e. The number of aliphatic hydroxyl groups is 4. The predicted octanol–water partition coefficient (Wildman–Crippen LogP) is -0.0987. The minimum absolute atomic E-state index is 0.00904. The summed E-state index contributed by atoms with van der Waals surface area (Å²) in [7, 11) is 1.31. The molecule has 0 aromatic heterocycles. The number of hydrogen-bond acceptors (Lipinski definition) is 11. The summed E-state index contributed by atoms with van der Waals surface area (Å²) in [6.45, 7) is -0.620. The van der Waals surface area contributed by atoms with Crippen LogP contribution in [0.5, 0.6) is 28.7 Å². The van der Waals surface area contributed by atoms with Crippen LogP contribution in [0.25, 0.3) is 6.08 Å². The number of aliphatic hydroxyl groups excluding tert-OH is 4. The second-order valence-corrected chi connectivity index (χ2v) is 7.48. The van der Waals surface area contributed by atoms with Crippen LogP contribution in [0.4, 0.5) is 0 Å². The van der Waals surface area contributed by atoms with E-state index in [1.54, 1.807) is 0 Å². The van der Waals surface area contributed by atoms with Crippen molar-refractivity contribution < 1.29 is 54.4 Å². The number of hydrogen-bond donors (Lipinski definition) is 6. The topological polar surface area (TPSA) is 175 Å². The van der Waals surface area contributed by atoms with Crippen molar-refractivity contribution in [1.29, 1.82) is 0 Å². The van der Waals surface area contributed by atoms with E-state index in [0.717, 1.165) is 0 Å². The van der Waals surface area contributed by atoms with Gasteiger partial charge in [0, 0.05) is 0 Å². The van der Waals surface area contributed by atoms with Gasteiger partial charge >= 0.3 is 0 Å². The molecule has 2 aromatic rings. The molecule has 33 heavy (non-hydrogen) atoms. The fourth-order valence-electron chi connectivity index (χ4n) is 3.57. The minimum Gasteiger partial charge on any atom is -0.504 e. The lowest BCUT2D eigenvalue weighted by Crippen LogP contribution is -2.60. The van der Waals surface area contributed by atoms with E-state index in [-0.39, 0.29) is 40.1 Å². The first-order chi connectivity index (χ1) is 15.7. The molecule has 176 valence electrons. The van der Waals surface area contributed by atoms with Crippen LogP contribution in [0.15, 0.2) is 36.1 Å². The molecule has 1 fully saturated rings. The number of phenols is 2. The third-order valence-electron chi connectivity index (χ3n) is 5.35. The second-order valence-electron chi connectivity index (χ2n) is 7.48. The fraction of sp³-hybridized carbons (Fsp3) is 0.318. The predicted molar refractivity (Wildman–Crippen MR) is 110 cm³/mol. The summed E-state index contributed by atoms with van der Waals surface area (Å²) < 4.78 is 22.0. The van der Waals surface area contributed by atoms with Crippen LogP contribution in [0.1, 0.15) is 15.9 Å². The van der Waals surface area contributed by atoms with Gasteiger partial charge in [-0.2, -0.15) is 0 Å². The summed E-state index contributed by atoms with van der Waals surface area (Å²) >= 11 is 0. The van der Waals surface area contributed by atoms with E-state index in [9.17, 15) is 35.4 Å². The molecule has 0 saturated carbocycles. The molecule has 11 heteroatoms. The Bertz CT molecular complexity index is 1090. The fourth-order valence-corrected chi connectivity index (χ4v) is 3.57. The highest BCUT2D eigenvalue weighted by molar-refractivity contribution is 6.15. The molecule has 0 amide bonds. The summed E-state index contributed by atoms with van der Waals surface area (Å²) in [6.07, 6.45) is -6.06. The number of methoxy groups -OCH3 is 1. The highest BCUT2D eigenvalue weighted by atomic mass is 16.7. The zero-order valence-electron chi connectivity index (χ0n) is 17.3. The highest BCUT2D eigenvalue weighted by Gasteiger charge is 2.45. The Morgan fingerprint density at radius 2 is 1.79 bits per heavy atom. The molecule has 0 bridgehead atoms. The van der Waals surface area contributed by atoms with Crippen LogP contribution < -0.4 is 14.2 Å². The molecule has 0 spiro atoms. The van der Waals surface area contributed by atoms with Gasteiger partial charge in [0.2, 0.25) is 17.8 Å². The van der Waals surface area contributed by atoms with Crippen LogP contribution >= 0.6 is 0 Å². The molecule has 0 aliphatic carbocycles.